The Morgan fingerprint density at radius 3 is 3.00 bits per heavy atom. The molecule has 3 atom stereocenters. The van der Waals surface area contributed by atoms with Crippen molar-refractivity contribution in [1.82, 2.24) is 0 Å². The first-order valence-electron chi connectivity index (χ1n) is 6.63. The van der Waals surface area contributed by atoms with Gasteiger partial charge in [0.05, 0.1) is 12.2 Å². The van der Waals surface area contributed by atoms with Gasteiger partial charge >= 0.3 is 5.63 Å². The normalized spacial score (nSPS) is 33.0. The number of allylic oxidation sites excluding steroid dienone is 1. The van der Waals surface area contributed by atoms with E-state index in [0.717, 1.165) is 0 Å². The van der Waals surface area contributed by atoms with Gasteiger partial charge in [-0.15, -0.1) is 0 Å². The Hall–Kier alpha value is -1.55. The molecule has 4 nitrogen and oxygen atoms in total. The van der Waals surface area contributed by atoms with Gasteiger partial charge in [0.1, 0.15) is 11.5 Å². The zero-order chi connectivity index (χ0) is 13.6. The van der Waals surface area contributed by atoms with Crippen molar-refractivity contribution in [2.24, 2.45) is 11.8 Å². The summed E-state index contributed by atoms with van der Waals surface area (Å²) in [7, 11) is 0. The quantitative estimate of drug-likeness (QED) is 0.729. The lowest BCUT2D eigenvalue weighted by Crippen LogP contribution is -2.45. The topological polar surface area (TPSA) is 48.7 Å². The van der Waals surface area contributed by atoms with Gasteiger partial charge in [-0.3, -0.25) is 0 Å². The Labute approximate surface area is 112 Å². The van der Waals surface area contributed by atoms with Crippen LogP contribution in [0, 0.1) is 18.8 Å². The fourth-order valence-electron chi connectivity index (χ4n) is 3.08. The number of hydrogen-bond acceptors (Lipinski definition) is 4. The van der Waals surface area contributed by atoms with Crippen LogP contribution in [-0.4, -0.2) is 12.4 Å². The van der Waals surface area contributed by atoms with Crippen molar-refractivity contribution in [3.63, 3.8) is 0 Å². The maximum atomic E-state index is 11.9. The molecule has 0 bridgehead atoms. The second-order valence-electron chi connectivity index (χ2n) is 5.42. The van der Waals surface area contributed by atoms with E-state index >= 15 is 0 Å². The van der Waals surface area contributed by atoms with Gasteiger partial charge in [0.15, 0.2) is 0 Å². The molecular formula is C15H18O4. The van der Waals surface area contributed by atoms with Crippen molar-refractivity contribution in [3.05, 3.63) is 40.0 Å². The van der Waals surface area contributed by atoms with Gasteiger partial charge in [-0.25, -0.2) is 4.79 Å². The number of fused-ring (bicyclic) bond motifs is 2. The lowest BCUT2D eigenvalue weighted by atomic mass is 9.82. The molecule has 3 heterocycles. The monoisotopic (exact) mass is 262 g/mol. The Kier molecular flexibility index (Phi) is 2.78. The number of aryl methyl sites for hydroxylation is 1. The van der Waals surface area contributed by atoms with Gasteiger partial charge < -0.3 is 13.9 Å². The molecule has 1 fully saturated rings. The molecule has 2 aliphatic rings. The van der Waals surface area contributed by atoms with Crippen LogP contribution in [0.4, 0.5) is 0 Å². The summed E-state index contributed by atoms with van der Waals surface area (Å²) in [6, 6.07) is 1.77. The van der Waals surface area contributed by atoms with Crippen molar-refractivity contribution in [2.45, 2.75) is 33.0 Å². The summed E-state index contributed by atoms with van der Waals surface area (Å²) < 4.78 is 17.0. The smallest absolute Gasteiger partial charge is 0.342 e. The van der Waals surface area contributed by atoms with E-state index in [2.05, 4.69) is 6.08 Å². The first-order chi connectivity index (χ1) is 9.03. The molecule has 3 rings (SSSR count). The lowest BCUT2D eigenvalue weighted by Gasteiger charge is -2.37. The highest BCUT2D eigenvalue weighted by molar-refractivity contribution is 5.35. The van der Waals surface area contributed by atoms with Crippen LogP contribution in [0.3, 0.4) is 0 Å². The van der Waals surface area contributed by atoms with Gasteiger partial charge in [0.25, 0.3) is 0 Å². The van der Waals surface area contributed by atoms with Gasteiger partial charge in [-0.05, 0) is 20.3 Å². The summed E-state index contributed by atoms with van der Waals surface area (Å²) >= 11 is 0. The van der Waals surface area contributed by atoms with Crippen molar-refractivity contribution < 1.29 is 13.9 Å². The van der Waals surface area contributed by atoms with E-state index in [1.165, 1.54) is 0 Å². The minimum absolute atomic E-state index is 0.154. The van der Waals surface area contributed by atoms with Crippen molar-refractivity contribution in [3.8, 4) is 5.75 Å². The Balaban J connectivity index is 2.04. The molecule has 0 aliphatic carbocycles. The average molecular weight is 262 g/mol. The highest BCUT2D eigenvalue weighted by Crippen LogP contribution is 2.45. The minimum Gasteiger partial charge on any atom is -0.462 e. The molecule has 1 saturated heterocycles. The molecule has 0 unspecified atom stereocenters. The fraction of sp³-hybridized carbons (Fsp3) is 0.533. The van der Waals surface area contributed by atoms with Crippen LogP contribution in [0.2, 0.25) is 0 Å². The molecule has 0 saturated carbocycles. The van der Waals surface area contributed by atoms with Gasteiger partial charge in [-0.2, -0.15) is 0 Å². The zero-order valence-corrected chi connectivity index (χ0v) is 11.4. The molecule has 0 amide bonds. The third kappa shape index (κ3) is 1.91. The Morgan fingerprint density at radius 1 is 1.47 bits per heavy atom. The Morgan fingerprint density at radius 2 is 2.26 bits per heavy atom. The van der Waals surface area contributed by atoms with Crippen LogP contribution >= 0.6 is 0 Å². The molecule has 0 aromatic carbocycles. The van der Waals surface area contributed by atoms with E-state index in [0.29, 0.717) is 30.1 Å². The second kappa shape index (κ2) is 4.23. The Bertz CT molecular complexity index is 586. The van der Waals surface area contributed by atoms with Crippen molar-refractivity contribution in [1.29, 1.82) is 0 Å². The van der Waals surface area contributed by atoms with Crippen LogP contribution in [0.25, 0.3) is 0 Å². The molecule has 19 heavy (non-hydrogen) atoms. The van der Waals surface area contributed by atoms with E-state index in [1.54, 1.807) is 13.0 Å². The summed E-state index contributed by atoms with van der Waals surface area (Å²) in [5.41, 5.74) is 0.344. The van der Waals surface area contributed by atoms with Crippen molar-refractivity contribution >= 4 is 0 Å². The number of hydrogen-bond donors (Lipinski definition) is 0. The van der Waals surface area contributed by atoms with Gasteiger partial charge in [0, 0.05) is 24.8 Å². The van der Waals surface area contributed by atoms with E-state index in [4.69, 9.17) is 13.9 Å². The summed E-state index contributed by atoms with van der Waals surface area (Å²) in [6.45, 7) is 6.32. The SMILES string of the molecule is C/C=C/[C@H]1CO[C@]2(C)Oc3cc(C)oc(=O)c3C[C@H]12. The summed E-state index contributed by atoms with van der Waals surface area (Å²) in [5.74, 6) is 0.963. The second-order valence-corrected chi connectivity index (χ2v) is 5.42. The van der Waals surface area contributed by atoms with Crippen LogP contribution < -0.4 is 10.4 Å². The molecule has 2 aliphatic heterocycles. The molecule has 4 heteroatoms. The van der Waals surface area contributed by atoms with Gasteiger partial charge in [-0.1, -0.05) is 12.2 Å². The van der Waals surface area contributed by atoms with Crippen LogP contribution in [-0.2, 0) is 11.2 Å². The predicted octanol–water partition coefficient (Wildman–Crippen LogP) is 2.44. The fourth-order valence-corrected chi connectivity index (χ4v) is 3.08. The molecule has 0 N–H and O–H groups in total. The first kappa shape index (κ1) is 12.5. The largest absolute Gasteiger partial charge is 0.462 e. The molecule has 102 valence electrons. The molecule has 1 aromatic heterocycles. The van der Waals surface area contributed by atoms with E-state index in [9.17, 15) is 4.79 Å². The summed E-state index contributed by atoms with van der Waals surface area (Å²) in [5, 5.41) is 0. The predicted molar refractivity (Wildman–Crippen MR) is 70.2 cm³/mol. The first-order valence-corrected chi connectivity index (χ1v) is 6.63. The lowest BCUT2D eigenvalue weighted by molar-refractivity contribution is -0.166. The maximum Gasteiger partial charge on any atom is 0.342 e. The third-order valence-corrected chi connectivity index (χ3v) is 4.06. The van der Waals surface area contributed by atoms with Crippen molar-refractivity contribution in [2.75, 3.05) is 6.61 Å². The number of rotatable bonds is 1. The minimum atomic E-state index is -0.641. The van der Waals surface area contributed by atoms with E-state index in [-0.39, 0.29) is 17.5 Å². The van der Waals surface area contributed by atoms with Gasteiger partial charge in [0.2, 0.25) is 5.79 Å². The molecule has 0 spiro atoms. The molecular weight excluding hydrogens is 244 g/mol. The summed E-state index contributed by atoms with van der Waals surface area (Å²) in [6.07, 6.45) is 4.79. The summed E-state index contributed by atoms with van der Waals surface area (Å²) in [4.78, 5) is 11.9. The highest BCUT2D eigenvalue weighted by atomic mass is 16.7. The average Bonchev–Trinajstić information content (AvgIpc) is 2.64. The zero-order valence-electron chi connectivity index (χ0n) is 11.4. The van der Waals surface area contributed by atoms with Crippen LogP contribution in [0.5, 0.6) is 5.75 Å². The van der Waals surface area contributed by atoms with E-state index in [1.807, 2.05) is 19.9 Å². The van der Waals surface area contributed by atoms with E-state index < -0.39 is 5.79 Å². The maximum absolute atomic E-state index is 11.9. The highest BCUT2D eigenvalue weighted by Gasteiger charge is 2.51. The number of ether oxygens (including phenoxy) is 2. The van der Waals surface area contributed by atoms with Crippen LogP contribution in [0.1, 0.15) is 25.2 Å². The van der Waals surface area contributed by atoms with Crippen LogP contribution in [0.15, 0.2) is 27.4 Å². The molecule has 1 aromatic rings. The standard InChI is InChI=1S/C15H18O4/c1-4-5-10-8-17-15(3)12(10)7-11-13(19-15)6-9(2)18-14(11)16/h4-6,10,12H,7-8H2,1-3H3/b5-4+/t10-,12+,15+/m0/s1. The third-order valence-electron chi connectivity index (χ3n) is 4.06. The molecule has 0 radical (unpaired) electrons.